The van der Waals surface area contributed by atoms with Crippen LogP contribution in [0.15, 0.2) is 12.4 Å². The number of amides is 2. The quantitative estimate of drug-likeness (QED) is 0.698. The number of nitrogens with one attached hydrogen (secondary N) is 3. The van der Waals surface area contributed by atoms with Crippen molar-refractivity contribution < 1.29 is 9.59 Å². The fourth-order valence-electron chi connectivity index (χ4n) is 1.96. The summed E-state index contributed by atoms with van der Waals surface area (Å²) in [6.07, 6.45) is 5.37. The summed E-state index contributed by atoms with van der Waals surface area (Å²) in [6.45, 7) is 0.184. The Hall–Kier alpha value is -1.54. The molecule has 2 amide bonds. The zero-order valence-electron chi connectivity index (χ0n) is 11.0. The van der Waals surface area contributed by atoms with Crippen molar-refractivity contribution in [3.8, 4) is 0 Å². The van der Waals surface area contributed by atoms with Gasteiger partial charge in [0, 0.05) is 23.9 Å². The van der Waals surface area contributed by atoms with Crippen molar-refractivity contribution in [2.75, 3.05) is 16.9 Å². The number of hydrogen-bond acceptors (Lipinski definition) is 5. The monoisotopic (exact) mass is 295 g/mol. The average molecular weight is 295 g/mol. The molecule has 7 nitrogen and oxygen atoms in total. The molecule has 3 N–H and O–H groups in total. The van der Waals surface area contributed by atoms with Crippen LogP contribution < -0.4 is 16.0 Å². The van der Waals surface area contributed by atoms with Gasteiger partial charge in [0.2, 0.25) is 11.8 Å². The Kier molecular flexibility index (Phi) is 3.93. The molecule has 0 aromatic carbocycles. The third kappa shape index (κ3) is 3.51. The second-order valence-electron chi connectivity index (χ2n) is 5.03. The van der Waals surface area contributed by atoms with Crippen LogP contribution in [0.1, 0.15) is 12.8 Å². The molecule has 0 bridgehead atoms. The van der Waals surface area contributed by atoms with Crippen molar-refractivity contribution in [2.24, 2.45) is 0 Å². The summed E-state index contributed by atoms with van der Waals surface area (Å²) in [5.74, 6) is 1.49. The zero-order chi connectivity index (χ0) is 13.9. The first-order valence-electron chi connectivity index (χ1n) is 6.64. The van der Waals surface area contributed by atoms with E-state index >= 15 is 0 Å². The normalized spacial score (nSPS) is 21.7. The van der Waals surface area contributed by atoms with Gasteiger partial charge in [-0.2, -0.15) is 5.10 Å². The molecule has 2 fully saturated rings. The highest BCUT2D eigenvalue weighted by Crippen LogP contribution is 2.18. The Labute approximate surface area is 120 Å². The van der Waals surface area contributed by atoms with Crippen LogP contribution in [0.25, 0.3) is 0 Å². The lowest BCUT2D eigenvalue weighted by atomic mass is 10.3. The summed E-state index contributed by atoms with van der Waals surface area (Å²) >= 11 is 1.70. The van der Waals surface area contributed by atoms with Gasteiger partial charge in [-0.1, -0.05) is 0 Å². The van der Waals surface area contributed by atoms with Crippen LogP contribution in [-0.2, 0) is 16.1 Å². The molecule has 8 heteroatoms. The highest BCUT2D eigenvalue weighted by Gasteiger charge is 2.24. The molecule has 1 saturated carbocycles. The van der Waals surface area contributed by atoms with Crippen molar-refractivity contribution in [3.05, 3.63) is 12.4 Å². The van der Waals surface area contributed by atoms with Gasteiger partial charge < -0.3 is 10.6 Å². The van der Waals surface area contributed by atoms with Gasteiger partial charge in [0.15, 0.2) is 0 Å². The maximum Gasteiger partial charge on any atom is 0.242 e. The number of nitrogens with zero attached hydrogens (tertiary/aromatic N) is 2. The summed E-state index contributed by atoms with van der Waals surface area (Å²) in [7, 11) is 0. The van der Waals surface area contributed by atoms with E-state index in [1.165, 1.54) is 4.68 Å². The van der Waals surface area contributed by atoms with Gasteiger partial charge in [-0.15, -0.1) is 11.8 Å². The maximum absolute atomic E-state index is 11.9. The molecule has 108 valence electrons. The molecule has 1 saturated heterocycles. The molecule has 1 unspecified atom stereocenters. The molecule has 3 rings (SSSR count). The van der Waals surface area contributed by atoms with E-state index in [0.717, 1.165) is 24.5 Å². The molecule has 1 atom stereocenters. The number of aromatic nitrogens is 2. The van der Waals surface area contributed by atoms with Gasteiger partial charge in [-0.3, -0.25) is 19.6 Å². The lowest BCUT2D eigenvalue weighted by molar-refractivity contribution is -0.122. The topological polar surface area (TPSA) is 88.1 Å². The lowest BCUT2D eigenvalue weighted by Gasteiger charge is -2.08. The summed E-state index contributed by atoms with van der Waals surface area (Å²) in [6, 6.07) is 0.199. The van der Waals surface area contributed by atoms with Crippen LogP contribution in [0.4, 0.5) is 5.69 Å². The molecular formula is C12H17N5O2S. The first-order chi connectivity index (χ1) is 9.70. The lowest BCUT2D eigenvalue weighted by Crippen LogP contribution is -2.37. The van der Waals surface area contributed by atoms with E-state index in [1.807, 2.05) is 0 Å². The summed E-state index contributed by atoms with van der Waals surface area (Å²) in [5, 5.41) is 12.9. The Morgan fingerprint density at radius 2 is 2.35 bits per heavy atom. The van der Waals surface area contributed by atoms with Crippen LogP contribution in [-0.4, -0.2) is 45.3 Å². The second-order valence-corrected chi connectivity index (χ2v) is 6.06. The number of thioether (sulfide) groups is 1. The summed E-state index contributed by atoms with van der Waals surface area (Å²) < 4.78 is 1.53. The first-order valence-corrected chi connectivity index (χ1v) is 7.80. The van der Waals surface area contributed by atoms with E-state index in [4.69, 9.17) is 0 Å². The minimum Gasteiger partial charge on any atom is -0.352 e. The third-order valence-corrected chi connectivity index (χ3v) is 4.12. The van der Waals surface area contributed by atoms with Gasteiger partial charge in [-0.05, 0) is 12.8 Å². The van der Waals surface area contributed by atoms with Crippen molar-refractivity contribution >= 4 is 29.3 Å². The van der Waals surface area contributed by atoms with E-state index < -0.39 is 0 Å². The van der Waals surface area contributed by atoms with Gasteiger partial charge in [-0.25, -0.2) is 0 Å². The summed E-state index contributed by atoms with van der Waals surface area (Å²) in [5.41, 5.74) is 0.618. The van der Waals surface area contributed by atoms with Crippen LogP contribution in [0, 0.1) is 0 Å². The fraction of sp³-hybridized carbons (Fsp3) is 0.583. The Morgan fingerprint density at radius 3 is 3.05 bits per heavy atom. The van der Waals surface area contributed by atoms with Crippen molar-refractivity contribution in [1.82, 2.24) is 20.4 Å². The van der Waals surface area contributed by atoms with Crippen molar-refractivity contribution in [2.45, 2.75) is 31.5 Å². The molecular weight excluding hydrogens is 278 g/mol. The Balaban J connectivity index is 1.50. The Morgan fingerprint density at radius 1 is 1.50 bits per heavy atom. The summed E-state index contributed by atoms with van der Waals surface area (Å²) in [4.78, 5) is 23.5. The van der Waals surface area contributed by atoms with Gasteiger partial charge in [0.05, 0.1) is 17.9 Å². The molecule has 1 aliphatic carbocycles. The molecule has 2 aliphatic rings. The van der Waals surface area contributed by atoms with Gasteiger partial charge >= 0.3 is 0 Å². The smallest absolute Gasteiger partial charge is 0.242 e. The van der Waals surface area contributed by atoms with E-state index in [-0.39, 0.29) is 24.4 Å². The number of anilines is 1. The van der Waals surface area contributed by atoms with Crippen molar-refractivity contribution in [1.29, 1.82) is 0 Å². The highest BCUT2D eigenvalue weighted by atomic mass is 32.2. The zero-order valence-corrected chi connectivity index (χ0v) is 11.8. The minimum absolute atomic E-state index is 0.0395. The van der Waals surface area contributed by atoms with Crippen LogP contribution in [0.5, 0.6) is 0 Å². The number of hydrogen-bond donors (Lipinski definition) is 3. The predicted octanol–water partition coefficient (Wildman–Crippen LogP) is -0.237. The maximum atomic E-state index is 11.9. The first kappa shape index (κ1) is 13.4. The van der Waals surface area contributed by atoms with E-state index in [1.54, 1.807) is 24.2 Å². The van der Waals surface area contributed by atoms with Crippen LogP contribution in [0.2, 0.25) is 0 Å². The minimum atomic E-state index is -0.151. The molecule has 1 aromatic rings. The molecule has 0 spiro atoms. The van der Waals surface area contributed by atoms with Gasteiger partial charge in [0.25, 0.3) is 0 Å². The molecule has 1 aliphatic heterocycles. The number of rotatable bonds is 5. The molecule has 0 radical (unpaired) electrons. The van der Waals surface area contributed by atoms with E-state index in [0.29, 0.717) is 11.7 Å². The third-order valence-electron chi connectivity index (χ3n) is 3.18. The van der Waals surface area contributed by atoms with Crippen molar-refractivity contribution in [3.63, 3.8) is 0 Å². The fourth-order valence-corrected chi connectivity index (χ4v) is 2.90. The number of carbonyl (C=O) groups is 2. The number of carbonyl (C=O) groups excluding carboxylic acids is 2. The molecule has 20 heavy (non-hydrogen) atoms. The van der Waals surface area contributed by atoms with E-state index in [2.05, 4.69) is 21.0 Å². The SMILES string of the molecule is O=C(Cn1cc(NC(=O)C2CSCN2)cn1)NC1CC1. The Bertz CT molecular complexity index is 508. The van der Waals surface area contributed by atoms with Gasteiger partial charge in [0.1, 0.15) is 6.54 Å². The van der Waals surface area contributed by atoms with E-state index in [9.17, 15) is 9.59 Å². The largest absolute Gasteiger partial charge is 0.352 e. The second kappa shape index (κ2) is 5.84. The van der Waals surface area contributed by atoms with Crippen LogP contribution in [0.3, 0.4) is 0 Å². The average Bonchev–Trinajstić information content (AvgIpc) is 2.93. The molecule has 1 aromatic heterocycles. The predicted molar refractivity (Wildman–Crippen MR) is 76.3 cm³/mol. The highest BCUT2D eigenvalue weighted by molar-refractivity contribution is 7.99. The van der Waals surface area contributed by atoms with Crippen LogP contribution >= 0.6 is 11.8 Å². The molecule has 2 heterocycles. The standard InChI is InChI=1S/C12H17N5O2S/c18-11(15-8-1-2-8)5-17-4-9(3-14-17)16-12(19)10-6-20-7-13-10/h3-4,8,10,13H,1-2,5-7H2,(H,15,18)(H,16,19).